The van der Waals surface area contributed by atoms with Crippen LogP contribution in [0.1, 0.15) is 16.4 Å². The predicted molar refractivity (Wildman–Crippen MR) is 31.4 cm³/mol. The smallest absolute Gasteiger partial charge is 0.357 e. The highest BCUT2D eigenvalue weighted by molar-refractivity contribution is 5.84. The molecule has 0 spiro atoms. The molecule has 0 aliphatic heterocycles. The third-order valence-electron chi connectivity index (χ3n) is 0.847. The van der Waals surface area contributed by atoms with Gasteiger partial charge in [-0.15, -0.1) is 6.42 Å². The quantitative estimate of drug-likeness (QED) is 0.567. The van der Waals surface area contributed by atoms with Gasteiger partial charge < -0.3 is 9.52 Å². The molecule has 0 aliphatic carbocycles. The van der Waals surface area contributed by atoms with E-state index in [4.69, 9.17) is 11.5 Å². The molecular weight excluding hydrogens is 134 g/mol. The molecule has 0 atom stereocenters. The minimum atomic E-state index is -1.15. The zero-order chi connectivity index (χ0) is 7.56. The minimum Gasteiger partial charge on any atom is -0.476 e. The predicted octanol–water partition coefficient (Wildman–Crippen LogP) is 0.354. The van der Waals surface area contributed by atoms with Crippen LogP contribution >= 0.6 is 0 Å². The second-order valence-electron chi connectivity index (χ2n) is 1.49. The van der Waals surface area contributed by atoms with Crippen LogP contribution in [0.3, 0.4) is 0 Å². The number of nitrogens with zero attached hydrogens (tertiary/aromatic N) is 1. The first-order valence-corrected chi connectivity index (χ1v) is 2.39. The van der Waals surface area contributed by atoms with Crippen molar-refractivity contribution in [3.05, 3.63) is 17.8 Å². The molecule has 4 heteroatoms. The van der Waals surface area contributed by atoms with Crippen molar-refractivity contribution in [2.75, 3.05) is 0 Å². The molecule has 1 N–H and O–H groups in total. The molecule has 0 aliphatic rings. The standard InChI is InChI=1S/C6H3NO3/c1-2-5-7-4(3-10-5)6(8)9/h1,3H,(H,8,9). The third kappa shape index (κ3) is 0.977. The van der Waals surface area contributed by atoms with E-state index in [0.717, 1.165) is 6.26 Å². The molecule has 0 saturated heterocycles. The Kier molecular flexibility index (Phi) is 1.42. The van der Waals surface area contributed by atoms with Crippen molar-refractivity contribution in [3.63, 3.8) is 0 Å². The lowest BCUT2D eigenvalue weighted by Crippen LogP contribution is -1.95. The molecule has 50 valence electrons. The number of hydrogen-bond donors (Lipinski definition) is 1. The number of hydrogen-bond acceptors (Lipinski definition) is 3. The average Bonchev–Trinajstić information content (AvgIpc) is 2.34. The highest BCUT2D eigenvalue weighted by atomic mass is 16.4. The largest absolute Gasteiger partial charge is 0.476 e. The van der Waals surface area contributed by atoms with Crippen LogP contribution in [0.4, 0.5) is 0 Å². The summed E-state index contributed by atoms with van der Waals surface area (Å²) in [5.74, 6) is 0.897. The normalized spacial score (nSPS) is 8.70. The Morgan fingerprint density at radius 1 is 1.90 bits per heavy atom. The molecule has 0 amide bonds. The van der Waals surface area contributed by atoms with Crippen molar-refractivity contribution in [2.45, 2.75) is 0 Å². The van der Waals surface area contributed by atoms with Crippen molar-refractivity contribution < 1.29 is 14.3 Å². The van der Waals surface area contributed by atoms with Gasteiger partial charge in [-0.2, -0.15) is 4.98 Å². The van der Waals surface area contributed by atoms with E-state index in [1.165, 1.54) is 0 Å². The molecule has 10 heavy (non-hydrogen) atoms. The molecular formula is C6H3NO3. The second kappa shape index (κ2) is 2.23. The fourth-order valence-electron chi connectivity index (χ4n) is 0.438. The van der Waals surface area contributed by atoms with Gasteiger partial charge >= 0.3 is 5.97 Å². The van der Waals surface area contributed by atoms with Gasteiger partial charge in [-0.1, -0.05) is 0 Å². The minimum absolute atomic E-state index is 0.0163. The van der Waals surface area contributed by atoms with Crippen LogP contribution in [0.5, 0.6) is 0 Å². The number of carboxylic acids is 1. The summed E-state index contributed by atoms with van der Waals surface area (Å²) in [7, 11) is 0. The molecule has 0 saturated carbocycles. The highest BCUT2D eigenvalue weighted by Gasteiger charge is 2.07. The Balaban J connectivity index is 3.02. The summed E-state index contributed by atoms with van der Waals surface area (Å²) >= 11 is 0. The molecule has 1 heterocycles. The van der Waals surface area contributed by atoms with Crippen molar-refractivity contribution in [3.8, 4) is 12.3 Å². The van der Waals surface area contributed by atoms with Crippen molar-refractivity contribution in [1.82, 2.24) is 4.98 Å². The molecule has 0 aromatic carbocycles. The molecule has 0 bridgehead atoms. The number of terminal acetylenes is 1. The van der Waals surface area contributed by atoms with Crippen LogP contribution in [-0.2, 0) is 0 Å². The lowest BCUT2D eigenvalue weighted by atomic mass is 10.5. The summed E-state index contributed by atoms with van der Waals surface area (Å²) < 4.78 is 4.55. The maximum atomic E-state index is 10.1. The van der Waals surface area contributed by atoms with Crippen LogP contribution in [0.2, 0.25) is 0 Å². The first-order chi connectivity index (χ1) is 4.74. The second-order valence-corrected chi connectivity index (χ2v) is 1.49. The molecule has 0 unspecified atom stereocenters. The van der Waals surface area contributed by atoms with E-state index in [0.29, 0.717) is 0 Å². The molecule has 1 aromatic heterocycles. The van der Waals surface area contributed by atoms with Crippen LogP contribution in [-0.4, -0.2) is 16.1 Å². The SMILES string of the molecule is C#Cc1nc(C(=O)O)co1. The van der Waals surface area contributed by atoms with Gasteiger partial charge in [-0.05, 0) is 5.92 Å². The Morgan fingerprint density at radius 2 is 2.60 bits per heavy atom. The Morgan fingerprint density at radius 3 is 2.90 bits per heavy atom. The van der Waals surface area contributed by atoms with E-state index in [1.807, 2.05) is 0 Å². The monoisotopic (exact) mass is 137 g/mol. The lowest BCUT2D eigenvalue weighted by molar-refractivity contribution is 0.0690. The number of rotatable bonds is 1. The molecule has 0 radical (unpaired) electrons. The van der Waals surface area contributed by atoms with Gasteiger partial charge in [-0.25, -0.2) is 4.79 Å². The summed E-state index contributed by atoms with van der Waals surface area (Å²) in [6.07, 6.45) is 5.86. The van der Waals surface area contributed by atoms with Gasteiger partial charge in [0.15, 0.2) is 5.69 Å². The average molecular weight is 137 g/mol. The van der Waals surface area contributed by atoms with E-state index in [-0.39, 0.29) is 11.6 Å². The zero-order valence-electron chi connectivity index (χ0n) is 4.87. The lowest BCUT2D eigenvalue weighted by Gasteiger charge is -1.76. The third-order valence-corrected chi connectivity index (χ3v) is 0.847. The number of oxazole rings is 1. The Hall–Kier alpha value is -1.76. The molecule has 0 fully saturated rings. The van der Waals surface area contributed by atoms with E-state index in [9.17, 15) is 4.79 Å². The van der Waals surface area contributed by atoms with E-state index >= 15 is 0 Å². The first-order valence-electron chi connectivity index (χ1n) is 2.39. The van der Waals surface area contributed by atoms with E-state index in [2.05, 4.69) is 15.3 Å². The summed E-state index contributed by atoms with van der Waals surface area (Å²) in [6.45, 7) is 0. The number of aromatic nitrogens is 1. The number of carboxylic acid groups (broad SMARTS) is 1. The Labute approximate surface area is 56.5 Å². The fraction of sp³-hybridized carbons (Fsp3) is 0. The van der Waals surface area contributed by atoms with Crippen molar-refractivity contribution >= 4 is 5.97 Å². The van der Waals surface area contributed by atoms with Gasteiger partial charge in [-0.3, -0.25) is 0 Å². The maximum absolute atomic E-state index is 10.1. The number of carbonyl (C=O) groups is 1. The van der Waals surface area contributed by atoms with Gasteiger partial charge in [0.1, 0.15) is 6.26 Å². The maximum Gasteiger partial charge on any atom is 0.357 e. The van der Waals surface area contributed by atoms with Crippen LogP contribution in [0, 0.1) is 12.3 Å². The fourth-order valence-corrected chi connectivity index (χ4v) is 0.438. The summed E-state index contributed by atoms with van der Waals surface area (Å²) in [5, 5.41) is 8.30. The van der Waals surface area contributed by atoms with Gasteiger partial charge in [0.2, 0.25) is 0 Å². The van der Waals surface area contributed by atoms with Gasteiger partial charge in [0, 0.05) is 0 Å². The molecule has 4 nitrogen and oxygen atoms in total. The summed E-state index contributed by atoms with van der Waals surface area (Å²) in [5.41, 5.74) is -0.173. The van der Waals surface area contributed by atoms with Gasteiger partial charge in [0.05, 0.1) is 0 Å². The van der Waals surface area contributed by atoms with Crippen molar-refractivity contribution in [1.29, 1.82) is 0 Å². The summed E-state index contributed by atoms with van der Waals surface area (Å²) in [6, 6.07) is 0. The molecule has 1 rings (SSSR count). The Bertz CT molecular complexity index is 294. The highest BCUT2D eigenvalue weighted by Crippen LogP contribution is 1.98. The van der Waals surface area contributed by atoms with Crippen LogP contribution in [0.15, 0.2) is 10.7 Å². The van der Waals surface area contributed by atoms with Gasteiger partial charge in [0.25, 0.3) is 5.89 Å². The first kappa shape index (κ1) is 6.36. The molecule has 1 aromatic rings. The summed E-state index contributed by atoms with van der Waals surface area (Å²) in [4.78, 5) is 13.6. The zero-order valence-corrected chi connectivity index (χ0v) is 4.87. The number of aromatic carboxylic acids is 1. The van der Waals surface area contributed by atoms with Crippen molar-refractivity contribution in [2.24, 2.45) is 0 Å². The topological polar surface area (TPSA) is 63.3 Å². The van der Waals surface area contributed by atoms with E-state index < -0.39 is 5.97 Å². The van der Waals surface area contributed by atoms with Crippen LogP contribution in [0.25, 0.3) is 0 Å². The van der Waals surface area contributed by atoms with Crippen LogP contribution < -0.4 is 0 Å². The van der Waals surface area contributed by atoms with E-state index in [1.54, 1.807) is 0 Å².